The minimum atomic E-state index is -0.0700. The average molecular weight is 323 g/mol. The summed E-state index contributed by atoms with van der Waals surface area (Å²) in [6.45, 7) is 0.400. The first-order valence-corrected chi connectivity index (χ1v) is 6.68. The lowest BCUT2D eigenvalue weighted by Crippen LogP contribution is -1.98. The molecule has 0 heterocycles. The molecule has 0 saturated carbocycles. The molecule has 0 bridgehead atoms. The summed E-state index contributed by atoms with van der Waals surface area (Å²) in [6.07, 6.45) is 0. The van der Waals surface area contributed by atoms with Gasteiger partial charge in [0, 0.05) is 6.07 Å². The first kappa shape index (κ1) is 13.9. The van der Waals surface area contributed by atoms with Crippen LogP contribution in [0.4, 0.5) is 0 Å². The SMILES string of the molecule is COc1cc(CO)c(Br)c(OCc2ccccc2)c1. The van der Waals surface area contributed by atoms with E-state index < -0.39 is 0 Å². The fraction of sp³-hybridized carbons (Fsp3) is 0.200. The van der Waals surface area contributed by atoms with Gasteiger partial charge < -0.3 is 14.6 Å². The highest BCUT2D eigenvalue weighted by atomic mass is 79.9. The number of hydrogen-bond donors (Lipinski definition) is 1. The lowest BCUT2D eigenvalue weighted by atomic mass is 10.2. The number of aliphatic hydroxyl groups is 1. The third-order valence-corrected chi connectivity index (χ3v) is 3.63. The van der Waals surface area contributed by atoms with Crippen molar-refractivity contribution in [3.8, 4) is 11.5 Å². The summed E-state index contributed by atoms with van der Waals surface area (Å²) < 4.78 is 11.7. The van der Waals surface area contributed by atoms with Crippen molar-refractivity contribution in [1.82, 2.24) is 0 Å². The van der Waals surface area contributed by atoms with Gasteiger partial charge in [0.05, 0.1) is 18.2 Å². The molecule has 100 valence electrons. The van der Waals surface area contributed by atoms with E-state index in [0.29, 0.717) is 18.1 Å². The van der Waals surface area contributed by atoms with Crippen molar-refractivity contribution in [2.24, 2.45) is 0 Å². The lowest BCUT2D eigenvalue weighted by Gasteiger charge is -2.13. The third kappa shape index (κ3) is 3.49. The number of halogens is 1. The molecule has 0 aliphatic rings. The Balaban J connectivity index is 2.19. The van der Waals surface area contributed by atoms with Crippen molar-refractivity contribution in [3.05, 3.63) is 58.1 Å². The number of hydrogen-bond acceptors (Lipinski definition) is 3. The van der Waals surface area contributed by atoms with Gasteiger partial charge in [0.15, 0.2) is 0 Å². The summed E-state index contributed by atoms with van der Waals surface area (Å²) in [5.41, 5.74) is 1.82. The van der Waals surface area contributed by atoms with Gasteiger partial charge >= 0.3 is 0 Å². The maximum absolute atomic E-state index is 9.31. The van der Waals surface area contributed by atoms with Crippen molar-refractivity contribution in [2.75, 3.05) is 7.11 Å². The van der Waals surface area contributed by atoms with Crippen molar-refractivity contribution in [3.63, 3.8) is 0 Å². The molecule has 3 nitrogen and oxygen atoms in total. The summed E-state index contributed by atoms with van der Waals surface area (Å²) in [6, 6.07) is 13.5. The maximum Gasteiger partial charge on any atom is 0.138 e. The largest absolute Gasteiger partial charge is 0.497 e. The Bertz CT molecular complexity index is 541. The molecule has 1 N–H and O–H groups in total. The molecule has 0 aliphatic heterocycles. The second-order valence-corrected chi connectivity index (χ2v) is 4.82. The van der Waals surface area contributed by atoms with E-state index in [4.69, 9.17) is 9.47 Å². The van der Waals surface area contributed by atoms with Gasteiger partial charge in [0.1, 0.15) is 18.1 Å². The minimum Gasteiger partial charge on any atom is -0.497 e. The van der Waals surface area contributed by atoms with Gasteiger partial charge in [0.25, 0.3) is 0 Å². The molecule has 4 heteroatoms. The Morgan fingerprint density at radius 1 is 1.16 bits per heavy atom. The number of benzene rings is 2. The third-order valence-electron chi connectivity index (χ3n) is 2.73. The van der Waals surface area contributed by atoms with E-state index in [0.717, 1.165) is 15.6 Å². The zero-order valence-electron chi connectivity index (χ0n) is 10.6. The van der Waals surface area contributed by atoms with Crippen LogP contribution >= 0.6 is 15.9 Å². The quantitative estimate of drug-likeness (QED) is 0.915. The van der Waals surface area contributed by atoms with Crippen molar-refractivity contribution >= 4 is 15.9 Å². The summed E-state index contributed by atoms with van der Waals surface area (Å²) >= 11 is 3.44. The van der Waals surface area contributed by atoms with E-state index in [-0.39, 0.29) is 6.61 Å². The van der Waals surface area contributed by atoms with Crippen LogP contribution in [0.1, 0.15) is 11.1 Å². The van der Waals surface area contributed by atoms with Gasteiger partial charge in [-0.2, -0.15) is 0 Å². The zero-order chi connectivity index (χ0) is 13.7. The smallest absolute Gasteiger partial charge is 0.138 e. The van der Waals surface area contributed by atoms with E-state index in [1.165, 1.54) is 0 Å². The highest BCUT2D eigenvalue weighted by molar-refractivity contribution is 9.10. The Morgan fingerprint density at radius 2 is 1.89 bits per heavy atom. The molecule has 0 spiro atoms. The molecule has 2 rings (SSSR count). The topological polar surface area (TPSA) is 38.7 Å². The first-order valence-electron chi connectivity index (χ1n) is 5.88. The standard InChI is InChI=1S/C15H15BrO3/c1-18-13-7-12(9-17)15(16)14(8-13)19-10-11-5-3-2-4-6-11/h2-8,17H,9-10H2,1H3. The number of methoxy groups -OCH3 is 1. The Morgan fingerprint density at radius 3 is 2.53 bits per heavy atom. The summed E-state index contributed by atoms with van der Waals surface area (Å²) in [5.74, 6) is 1.32. The van der Waals surface area contributed by atoms with Gasteiger partial charge in [-0.05, 0) is 33.1 Å². The molecule has 0 saturated heterocycles. The summed E-state index contributed by atoms with van der Waals surface area (Å²) in [7, 11) is 1.59. The first-order chi connectivity index (χ1) is 9.24. The van der Waals surface area contributed by atoms with Crippen molar-refractivity contribution in [2.45, 2.75) is 13.2 Å². The molecule has 0 atom stereocenters. The van der Waals surface area contributed by atoms with E-state index in [1.54, 1.807) is 19.2 Å². The molecular weight excluding hydrogens is 308 g/mol. The van der Waals surface area contributed by atoms with Gasteiger partial charge in [-0.3, -0.25) is 0 Å². The zero-order valence-corrected chi connectivity index (χ0v) is 12.2. The fourth-order valence-corrected chi connectivity index (χ4v) is 2.17. The van der Waals surface area contributed by atoms with Gasteiger partial charge in [0.2, 0.25) is 0 Å². The second-order valence-electron chi connectivity index (χ2n) is 4.03. The van der Waals surface area contributed by atoms with Gasteiger partial charge in [-0.15, -0.1) is 0 Å². The van der Waals surface area contributed by atoms with Crippen LogP contribution < -0.4 is 9.47 Å². The molecule has 0 aliphatic carbocycles. The van der Waals surface area contributed by atoms with Crippen LogP contribution in [0, 0.1) is 0 Å². The molecule has 0 amide bonds. The Hall–Kier alpha value is -1.52. The fourth-order valence-electron chi connectivity index (χ4n) is 1.70. The van der Waals surface area contributed by atoms with Crippen molar-refractivity contribution < 1.29 is 14.6 Å². The highest BCUT2D eigenvalue weighted by Gasteiger charge is 2.10. The lowest BCUT2D eigenvalue weighted by molar-refractivity contribution is 0.274. The van der Waals surface area contributed by atoms with Crippen LogP contribution in [0.5, 0.6) is 11.5 Å². The monoisotopic (exact) mass is 322 g/mol. The summed E-state index contributed by atoms with van der Waals surface area (Å²) in [5, 5.41) is 9.31. The van der Waals surface area contributed by atoms with Crippen LogP contribution in [0.2, 0.25) is 0 Å². The van der Waals surface area contributed by atoms with E-state index in [1.807, 2.05) is 30.3 Å². The van der Waals surface area contributed by atoms with E-state index >= 15 is 0 Å². The molecule has 0 fully saturated rings. The van der Waals surface area contributed by atoms with Crippen LogP contribution in [0.3, 0.4) is 0 Å². The van der Waals surface area contributed by atoms with Gasteiger partial charge in [-0.1, -0.05) is 30.3 Å². The van der Waals surface area contributed by atoms with E-state index in [2.05, 4.69) is 15.9 Å². The Kier molecular flexibility index (Phi) is 4.82. The molecular formula is C15H15BrO3. The molecule has 0 radical (unpaired) electrons. The Labute approximate surface area is 120 Å². The highest BCUT2D eigenvalue weighted by Crippen LogP contribution is 2.34. The average Bonchev–Trinajstić information content (AvgIpc) is 2.47. The molecule has 19 heavy (non-hydrogen) atoms. The van der Waals surface area contributed by atoms with Gasteiger partial charge in [-0.25, -0.2) is 0 Å². The van der Waals surface area contributed by atoms with E-state index in [9.17, 15) is 5.11 Å². The second kappa shape index (κ2) is 6.59. The van der Waals surface area contributed by atoms with Crippen LogP contribution in [0.25, 0.3) is 0 Å². The normalized spacial score (nSPS) is 10.3. The molecule has 2 aromatic rings. The van der Waals surface area contributed by atoms with Crippen molar-refractivity contribution in [1.29, 1.82) is 0 Å². The number of ether oxygens (including phenoxy) is 2. The molecule has 0 aromatic heterocycles. The van der Waals surface area contributed by atoms with Crippen LogP contribution in [-0.4, -0.2) is 12.2 Å². The predicted octanol–water partition coefficient (Wildman–Crippen LogP) is 3.53. The molecule has 0 unspecified atom stereocenters. The maximum atomic E-state index is 9.31. The number of rotatable bonds is 5. The van der Waals surface area contributed by atoms with Crippen LogP contribution in [-0.2, 0) is 13.2 Å². The predicted molar refractivity (Wildman–Crippen MR) is 77.4 cm³/mol. The molecule has 2 aromatic carbocycles. The number of aliphatic hydroxyl groups excluding tert-OH is 1. The summed E-state index contributed by atoms with van der Waals surface area (Å²) in [4.78, 5) is 0. The minimum absolute atomic E-state index is 0.0700. The van der Waals surface area contributed by atoms with Crippen LogP contribution in [0.15, 0.2) is 46.9 Å².